The highest BCUT2D eigenvalue weighted by atomic mass is 35.5. The normalized spacial score (nSPS) is 10.5. The highest BCUT2D eigenvalue weighted by Gasteiger charge is 2.07. The molecule has 130 valence electrons. The third-order valence-electron chi connectivity index (χ3n) is 3.28. The molecular formula is C15H20ClN5O3. The van der Waals surface area contributed by atoms with Gasteiger partial charge in [-0.05, 0) is 18.2 Å². The molecule has 1 aromatic heterocycles. The van der Waals surface area contributed by atoms with Crippen LogP contribution in [0.2, 0.25) is 5.02 Å². The van der Waals surface area contributed by atoms with Gasteiger partial charge in [0.2, 0.25) is 0 Å². The first-order chi connectivity index (χ1) is 11.6. The van der Waals surface area contributed by atoms with Crippen molar-refractivity contribution in [2.24, 2.45) is 0 Å². The van der Waals surface area contributed by atoms with Gasteiger partial charge in [-0.2, -0.15) is 0 Å². The smallest absolute Gasteiger partial charge is 0.319 e. The van der Waals surface area contributed by atoms with Gasteiger partial charge in [0.15, 0.2) is 0 Å². The fourth-order valence-corrected chi connectivity index (χ4v) is 2.31. The monoisotopic (exact) mass is 353 g/mol. The van der Waals surface area contributed by atoms with Crippen LogP contribution in [0.15, 0.2) is 24.5 Å². The summed E-state index contributed by atoms with van der Waals surface area (Å²) in [4.78, 5) is 11.9. The van der Waals surface area contributed by atoms with Crippen LogP contribution in [0.3, 0.4) is 0 Å². The molecule has 0 aliphatic heterocycles. The van der Waals surface area contributed by atoms with E-state index in [9.17, 15) is 4.79 Å². The lowest BCUT2D eigenvalue weighted by Gasteiger charge is -2.10. The van der Waals surface area contributed by atoms with Gasteiger partial charge < -0.3 is 24.7 Å². The predicted octanol–water partition coefficient (Wildman–Crippen LogP) is 1.95. The summed E-state index contributed by atoms with van der Waals surface area (Å²) in [5.74, 6) is 1.35. The highest BCUT2D eigenvalue weighted by molar-refractivity contribution is 6.32. The first-order valence-electron chi connectivity index (χ1n) is 7.38. The molecule has 0 atom stereocenters. The molecule has 9 heteroatoms. The zero-order chi connectivity index (χ0) is 17.4. The van der Waals surface area contributed by atoms with Crippen molar-refractivity contribution in [3.8, 4) is 5.75 Å². The third kappa shape index (κ3) is 5.10. The van der Waals surface area contributed by atoms with Crippen LogP contribution in [-0.4, -0.2) is 48.2 Å². The lowest BCUT2D eigenvalue weighted by Crippen LogP contribution is -2.31. The maximum atomic E-state index is 11.9. The van der Waals surface area contributed by atoms with E-state index in [2.05, 4.69) is 20.8 Å². The number of urea groups is 1. The Balaban J connectivity index is 1.79. The van der Waals surface area contributed by atoms with Crippen LogP contribution in [0, 0.1) is 0 Å². The average molecular weight is 354 g/mol. The van der Waals surface area contributed by atoms with Gasteiger partial charge >= 0.3 is 6.03 Å². The summed E-state index contributed by atoms with van der Waals surface area (Å²) in [5.41, 5.74) is 0.585. The second-order valence-corrected chi connectivity index (χ2v) is 5.32. The maximum absolute atomic E-state index is 11.9. The van der Waals surface area contributed by atoms with Crippen LogP contribution in [-0.2, 0) is 17.7 Å². The second-order valence-electron chi connectivity index (χ2n) is 4.91. The summed E-state index contributed by atoms with van der Waals surface area (Å²) in [5, 5.41) is 13.8. The number of halogens is 1. The number of rotatable bonds is 8. The van der Waals surface area contributed by atoms with E-state index >= 15 is 0 Å². The number of nitrogens with zero attached hydrogens (tertiary/aromatic N) is 3. The minimum Gasteiger partial charge on any atom is -0.495 e. The standard InChI is InChI=1S/C15H20ClN5O3/c1-23-8-7-21-10-18-20-14(21)5-6-17-15(22)19-11-3-4-13(24-2)12(16)9-11/h3-4,9-10H,5-8H2,1-2H3,(H2,17,19,22). The van der Waals surface area contributed by atoms with Gasteiger partial charge in [-0.25, -0.2) is 4.79 Å². The van der Waals surface area contributed by atoms with E-state index in [4.69, 9.17) is 21.1 Å². The van der Waals surface area contributed by atoms with Crippen molar-refractivity contribution in [2.75, 3.05) is 32.7 Å². The SMILES string of the molecule is COCCn1cnnc1CCNC(=O)Nc1ccc(OC)c(Cl)c1. The number of carbonyl (C=O) groups excluding carboxylic acids is 1. The molecule has 0 aliphatic rings. The molecule has 0 aliphatic carbocycles. The van der Waals surface area contributed by atoms with Gasteiger partial charge in [-0.1, -0.05) is 11.6 Å². The quantitative estimate of drug-likeness (QED) is 0.757. The molecule has 2 amide bonds. The van der Waals surface area contributed by atoms with E-state index in [-0.39, 0.29) is 6.03 Å². The van der Waals surface area contributed by atoms with Gasteiger partial charge in [0.25, 0.3) is 0 Å². The summed E-state index contributed by atoms with van der Waals surface area (Å²) >= 11 is 6.02. The van der Waals surface area contributed by atoms with E-state index in [0.717, 1.165) is 5.82 Å². The van der Waals surface area contributed by atoms with E-state index < -0.39 is 0 Å². The van der Waals surface area contributed by atoms with Gasteiger partial charge in [0.1, 0.15) is 17.9 Å². The number of benzene rings is 1. The van der Waals surface area contributed by atoms with E-state index in [1.165, 1.54) is 7.11 Å². The zero-order valence-electron chi connectivity index (χ0n) is 13.6. The Morgan fingerprint density at radius 3 is 2.92 bits per heavy atom. The molecule has 0 bridgehead atoms. The number of nitrogens with one attached hydrogen (secondary N) is 2. The van der Waals surface area contributed by atoms with Crippen LogP contribution < -0.4 is 15.4 Å². The zero-order valence-corrected chi connectivity index (χ0v) is 14.3. The summed E-state index contributed by atoms with van der Waals surface area (Å²) in [6.45, 7) is 1.69. The summed E-state index contributed by atoms with van der Waals surface area (Å²) in [6.07, 6.45) is 2.22. The molecule has 2 rings (SSSR count). The Kier molecular flexibility index (Phi) is 6.83. The molecule has 0 saturated carbocycles. The van der Waals surface area contributed by atoms with Crippen molar-refractivity contribution in [1.29, 1.82) is 0 Å². The van der Waals surface area contributed by atoms with Crippen molar-refractivity contribution < 1.29 is 14.3 Å². The molecule has 0 fully saturated rings. The average Bonchev–Trinajstić information content (AvgIpc) is 3.00. The predicted molar refractivity (Wildman–Crippen MR) is 90.6 cm³/mol. The van der Waals surface area contributed by atoms with Gasteiger partial charge in [0.05, 0.1) is 18.7 Å². The van der Waals surface area contributed by atoms with Crippen LogP contribution in [0.25, 0.3) is 0 Å². The lowest BCUT2D eigenvalue weighted by molar-refractivity contribution is 0.186. The Morgan fingerprint density at radius 2 is 2.21 bits per heavy atom. The van der Waals surface area contributed by atoms with Crippen LogP contribution in [0.5, 0.6) is 5.75 Å². The fourth-order valence-electron chi connectivity index (χ4n) is 2.06. The van der Waals surface area contributed by atoms with Gasteiger partial charge in [-0.3, -0.25) is 0 Å². The number of amides is 2. The number of anilines is 1. The van der Waals surface area contributed by atoms with Crippen molar-refractivity contribution >= 4 is 23.3 Å². The number of hydrogen-bond acceptors (Lipinski definition) is 5. The van der Waals surface area contributed by atoms with Crippen LogP contribution >= 0.6 is 11.6 Å². The summed E-state index contributed by atoms with van der Waals surface area (Å²) in [7, 11) is 3.17. The highest BCUT2D eigenvalue weighted by Crippen LogP contribution is 2.27. The molecule has 0 saturated heterocycles. The minimum absolute atomic E-state index is 0.320. The largest absolute Gasteiger partial charge is 0.495 e. The molecule has 0 radical (unpaired) electrons. The Bertz CT molecular complexity index is 677. The van der Waals surface area contributed by atoms with E-state index in [1.54, 1.807) is 31.6 Å². The topological polar surface area (TPSA) is 90.3 Å². The molecule has 2 aromatic rings. The first-order valence-corrected chi connectivity index (χ1v) is 7.76. The third-order valence-corrected chi connectivity index (χ3v) is 3.57. The number of carbonyl (C=O) groups is 1. The Morgan fingerprint density at radius 1 is 1.38 bits per heavy atom. The Labute approximate surface area is 145 Å². The maximum Gasteiger partial charge on any atom is 0.319 e. The van der Waals surface area contributed by atoms with Crippen LogP contribution in [0.4, 0.5) is 10.5 Å². The van der Waals surface area contributed by atoms with Crippen molar-refractivity contribution in [3.63, 3.8) is 0 Å². The second kappa shape index (κ2) is 9.09. The van der Waals surface area contributed by atoms with Crippen molar-refractivity contribution in [3.05, 3.63) is 35.4 Å². The number of methoxy groups -OCH3 is 2. The summed E-state index contributed by atoms with van der Waals surface area (Å²) in [6, 6.07) is 4.71. The van der Waals surface area contributed by atoms with Crippen molar-refractivity contribution in [2.45, 2.75) is 13.0 Å². The molecule has 8 nitrogen and oxygen atoms in total. The Hall–Kier alpha value is -2.32. The molecule has 0 unspecified atom stereocenters. The first kappa shape index (κ1) is 18.0. The van der Waals surface area contributed by atoms with E-state index in [1.807, 2.05) is 4.57 Å². The fraction of sp³-hybridized carbons (Fsp3) is 0.400. The van der Waals surface area contributed by atoms with Crippen LogP contribution in [0.1, 0.15) is 5.82 Å². The minimum atomic E-state index is -0.320. The number of hydrogen-bond donors (Lipinski definition) is 2. The molecule has 2 N–H and O–H groups in total. The van der Waals surface area contributed by atoms with E-state index in [0.29, 0.717) is 42.6 Å². The molecular weight excluding hydrogens is 334 g/mol. The molecule has 1 aromatic carbocycles. The number of aromatic nitrogens is 3. The summed E-state index contributed by atoms with van der Waals surface area (Å²) < 4.78 is 12.0. The van der Waals surface area contributed by atoms with Gasteiger partial charge in [-0.15, -0.1) is 10.2 Å². The van der Waals surface area contributed by atoms with Crippen molar-refractivity contribution in [1.82, 2.24) is 20.1 Å². The number of ether oxygens (including phenoxy) is 2. The molecule has 24 heavy (non-hydrogen) atoms. The molecule has 0 spiro atoms. The van der Waals surface area contributed by atoms with Gasteiger partial charge in [0, 0.05) is 32.3 Å². The lowest BCUT2D eigenvalue weighted by atomic mass is 10.3. The molecule has 1 heterocycles.